The smallest absolute Gasteiger partial charge is 0.250 e. The minimum absolute atomic E-state index is 0.353. The van der Waals surface area contributed by atoms with E-state index in [1.165, 1.54) is 6.08 Å². The van der Waals surface area contributed by atoms with Gasteiger partial charge in [0.1, 0.15) is 12.6 Å². The van der Waals surface area contributed by atoms with Crippen molar-refractivity contribution < 1.29 is 19.1 Å². The Morgan fingerprint density at radius 2 is 2.10 bits per heavy atom. The second kappa shape index (κ2) is 15.5. The molecule has 0 aliphatic carbocycles. The van der Waals surface area contributed by atoms with Gasteiger partial charge in [-0.15, -0.1) is 0 Å². The molecule has 2 amide bonds. The number of carbonyl (C=O) groups is 2. The van der Waals surface area contributed by atoms with Crippen LogP contribution in [0.5, 0.6) is 11.5 Å². The minimum atomic E-state index is -0.479. The van der Waals surface area contributed by atoms with Crippen molar-refractivity contribution in [3.05, 3.63) is 42.5 Å². The number of ether oxygens (including phenoxy) is 2. The molecule has 7 nitrogen and oxygen atoms in total. The fourth-order valence-corrected chi connectivity index (χ4v) is 2.91. The zero-order valence-corrected chi connectivity index (χ0v) is 18.8. The van der Waals surface area contributed by atoms with Crippen LogP contribution in [0.3, 0.4) is 0 Å². The van der Waals surface area contributed by atoms with Crippen molar-refractivity contribution in [2.45, 2.75) is 32.2 Å². The van der Waals surface area contributed by atoms with Gasteiger partial charge in [0.25, 0.3) is 5.91 Å². The van der Waals surface area contributed by atoms with Crippen molar-refractivity contribution in [3.8, 4) is 11.5 Å². The summed E-state index contributed by atoms with van der Waals surface area (Å²) in [6, 6.07) is 4.83. The average Bonchev–Trinajstić information content (AvgIpc) is 2.75. The Hall–Kier alpha value is -2.29. The average molecular weight is 436 g/mol. The Kier molecular flexibility index (Phi) is 13.3. The van der Waals surface area contributed by atoms with Crippen molar-refractivity contribution in [1.29, 1.82) is 0 Å². The normalized spacial score (nSPS) is 11.8. The van der Waals surface area contributed by atoms with E-state index < -0.39 is 11.9 Å². The highest BCUT2D eigenvalue weighted by Gasteiger charge is 2.18. The SMILES string of the molecule is C=CCOc1ccc(/C=C/C(=O)NC(=O)[C@H](CCSC)NNCCCC)cc1OC. The lowest BCUT2D eigenvalue weighted by molar-refractivity contribution is -0.129. The van der Waals surface area contributed by atoms with Crippen LogP contribution in [0.4, 0.5) is 0 Å². The van der Waals surface area contributed by atoms with E-state index >= 15 is 0 Å². The molecule has 0 aliphatic rings. The molecule has 0 unspecified atom stereocenters. The van der Waals surface area contributed by atoms with Crippen molar-refractivity contribution in [2.24, 2.45) is 0 Å². The van der Waals surface area contributed by atoms with E-state index in [-0.39, 0.29) is 5.91 Å². The van der Waals surface area contributed by atoms with Gasteiger partial charge in [0.2, 0.25) is 5.91 Å². The number of hydrogen-bond donors (Lipinski definition) is 3. The van der Waals surface area contributed by atoms with E-state index in [2.05, 4.69) is 29.7 Å². The Morgan fingerprint density at radius 1 is 1.30 bits per heavy atom. The molecule has 0 radical (unpaired) electrons. The van der Waals surface area contributed by atoms with Gasteiger partial charge in [-0.05, 0) is 48.6 Å². The number of methoxy groups -OCH3 is 1. The van der Waals surface area contributed by atoms with Crippen molar-refractivity contribution in [3.63, 3.8) is 0 Å². The summed E-state index contributed by atoms with van der Waals surface area (Å²) in [5, 5.41) is 2.42. The number of carbonyl (C=O) groups excluding carboxylic acids is 2. The molecule has 0 aliphatic heterocycles. The molecule has 0 saturated heterocycles. The summed E-state index contributed by atoms with van der Waals surface area (Å²) in [5.74, 6) is 1.12. The number of unbranched alkanes of at least 4 members (excludes halogenated alkanes) is 1. The fraction of sp³-hybridized carbons (Fsp3) is 0.455. The van der Waals surface area contributed by atoms with E-state index in [0.717, 1.165) is 30.7 Å². The molecular weight excluding hydrogens is 402 g/mol. The molecule has 3 N–H and O–H groups in total. The second-order valence-corrected chi connectivity index (χ2v) is 7.44. The Balaban J connectivity index is 2.67. The minimum Gasteiger partial charge on any atom is -0.493 e. The third-order valence-electron chi connectivity index (χ3n) is 4.08. The van der Waals surface area contributed by atoms with Crippen molar-refractivity contribution >= 4 is 29.7 Å². The van der Waals surface area contributed by atoms with Gasteiger partial charge in [0, 0.05) is 12.6 Å². The van der Waals surface area contributed by atoms with Crippen LogP contribution in [0.15, 0.2) is 36.9 Å². The van der Waals surface area contributed by atoms with E-state index in [9.17, 15) is 9.59 Å². The number of hydrazine groups is 1. The first-order chi connectivity index (χ1) is 14.5. The maximum atomic E-state index is 12.5. The van der Waals surface area contributed by atoms with Gasteiger partial charge >= 0.3 is 0 Å². The fourth-order valence-electron chi connectivity index (χ4n) is 2.44. The first-order valence-electron chi connectivity index (χ1n) is 9.97. The molecule has 0 aromatic heterocycles. The van der Waals surface area contributed by atoms with Gasteiger partial charge in [0.05, 0.1) is 7.11 Å². The molecule has 1 atom stereocenters. The zero-order valence-electron chi connectivity index (χ0n) is 18.0. The molecule has 0 bridgehead atoms. The molecule has 0 heterocycles. The topological polar surface area (TPSA) is 88.7 Å². The third-order valence-corrected chi connectivity index (χ3v) is 4.72. The summed E-state index contributed by atoms with van der Waals surface area (Å²) < 4.78 is 10.8. The summed E-state index contributed by atoms with van der Waals surface area (Å²) in [5.41, 5.74) is 6.82. The number of amides is 2. The summed E-state index contributed by atoms with van der Waals surface area (Å²) in [6.07, 6.45) is 9.26. The molecule has 166 valence electrons. The summed E-state index contributed by atoms with van der Waals surface area (Å²) in [4.78, 5) is 24.7. The van der Waals surface area contributed by atoms with Gasteiger partial charge in [-0.1, -0.05) is 32.1 Å². The van der Waals surface area contributed by atoms with Gasteiger partial charge in [-0.3, -0.25) is 20.3 Å². The van der Waals surface area contributed by atoms with Gasteiger partial charge in [-0.25, -0.2) is 5.43 Å². The highest BCUT2D eigenvalue weighted by atomic mass is 32.2. The van der Waals surface area contributed by atoms with Crippen molar-refractivity contribution in [2.75, 3.05) is 32.3 Å². The molecule has 1 aromatic carbocycles. The highest BCUT2D eigenvalue weighted by Crippen LogP contribution is 2.28. The number of rotatable bonds is 15. The molecule has 0 fully saturated rings. The lowest BCUT2D eigenvalue weighted by Gasteiger charge is -2.17. The first-order valence-corrected chi connectivity index (χ1v) is 11.4. The summed E-state index contributed by atoms with van der Waals surface area (Å²) >= 11 is 1.65. The van der Waals surface area contributed by atoms with Gasteiger partial charge in [-0.2, -0.15) is 11.8 Å². The first kappa shape index (κ1) is 25.7. The van der Waals surface area contributed by atoms with E-state index in [0.29, 0.717) is 24.5 Å². The molecule has 0 saturated carbocycles. The summed E-state index contributed by atoms with van der Waals surface area (Å²) in [6.45, 7) is 6.85. The van der Waals surface area contributed by atoms with Crippen LogP contribution in [0.2, 0.25) is 0 Å². The predicted molar refractivity (Wildman–Crippen MR) is 124 cm³/mol. The highest BCUT2D eigenvalue weighted by molar-refractivity contribution is 7.98. The summed E-state index contributed by atoms with van der Waals surface area (Å²) in [7, 11) is 1.55. The van der Waals surface area contributed by atoms with Crippen LogP contribution in [0.25, 0.3) is 6.08 Å². The molecule has 1 aromatic rings. The van der Waals surface area contributed by atoms with E-state index in [4.69, 9.17) is 9.47 Å². The molecule has 1 rings (SSSR count). The van der Waals surface area contributed by atoms with Crippen LogP contribution in [-0.2, 0) is 9.59 Å². The van der Waals surface area contributed by atoms with Crippen molar-refractivity contribution in [1.82, 2.24) is 16.2 Å². The van der Waals surface area contributed by atoms with Crippen LogP contribution < -0.4 is 25.6 Å². The quantitative estimate of drug-likeness (QED) is 0.169. The molecule has 8 heteroatoms. The Bertz CT molecular complexity index is 710. The number of nitrogens with one attached hydrogen (secondary N) is 3. The van der Waals surface area contributed by atoms with Crippen LogP contribution in [-0.4, -0.2) is 50.1 Å². The molecule has 30 heavy (non-hydrogen) atoms. The third kappa shape index (κ3) is 9.96. The zero-order chi connectivity index (χ0) is 22.2. The number of thioether (sulfide) groups is 1. The Labute approximate surface area is 183 Å². The standard InChI is InChI=1S/C22H33N3O4S/c1-5-7-13-23-25-18(12-15-30-4)22(27)24-21(26)11-9-17-8-10-19(29-14-6-2)20(16-17)28-3/h6,8-11,16,18,23,25H,2,5,7,12-15H2,1,3-4H3,(H,24,26,27)/b11-9+/t18-/m0/s1. The van der Waals surface area contributed by atoms with Crippen LogP contribution in [0, 0.1) is 0 Å². The number of benzene rings is 1. The lowest BCUT2D eigenvalue weighted by Crippen LogP contribution is -2.51. The molecular formula is C22H33N3O4S. The predicted octanol–water partition coefficient (Wildman–Crippen LogP) is 2.93. The van der Waals surface area contributed by atoms with Gasteiger partial charge < -0.3 is 9.47 Å². The number of imide groups is 1. The second-order valence-electron chi connectivity index (χ2n) is 6.46. The maximum absolute atomic E-state index is 12.5. The molecule has 0 spiro atoms. The van der Waals surface area contributed by atoms with Crippen LogP contribution >= 0.6 is 11.8 Å². The maximum Gasteiger partial charge on any atom is 0.250 e. The largest absolute Gasteiger partial charge is 0.493 e. The van der Waals surface area contributed by atoms with E-state index in [1.807, 2.05) is 6.26 Å². The lowest BCUT2D eigenvalue weighted by atomic mass is 10.2. The van der Waals surface area contributed by atoms with E-state index in [1.54, 1.807) is 49.2 Å². The van der Waals surface area contributed by atoms with Gasteiger partial charge in [0.15, 0.2) is 11.5 Å². The number of hydrogen-bond acceptors (Lipinski definition) is 7. The Morgan fingerprint density at radius 3 is 2.77 bits per heavy atom. The van der Waals surface area contributed by atoms with Crippen LogP contribution in [0.1, 0.15) is 31.7 Å². The monoisotopic (exact) mass is 435 g/mol.